The number of ether oxygens (including phenoxy) is 1. The first-order valence-corrected chi connectivity index (χ1v) is 8.10. The molecule has 1 aliphatic rings. The number of imidazole rings is 1. The zero-order valence-electron chi connectivity index (χ0n) is 13.4. The summed E-state index contributed by atoms with van der Waals surface area (Å²) in [4.78, 5) is 8.59. The van der Waals surface area contributed by atoms with E-state index in [1.165, 1.54) is 18.9 Å². The normalized spacial score (nSPS) is 13.9. The second-order valence-corrected chi connectivity index (χ2v) is 6.18. The molecule has 0 bridgehead atoms. The minimum absolute atomic E-state index is 0.309. The van der Waals surface area contributed by atoms with Crippen molar-refractivity contribution in [3.05, 3.63) is 60.4 Å². The summed E-state index contributed by atoms with van der Waals surface area (Å²) < 4.78 is 21.8. The van der Waals surface area contributed by atoms with Crippen molar-refractivity contribution in [3.8, 4) is 22.8 Å². The number of aromatic nitrogens is 3. The van der Waals surface area contributed by atoms with Crippen molar-refractivity contribution in [1.82, 2.24) is 14.5 Å². The van der Waals surface area contributed by atoms with E-state index in [1.807, 2.05) is 35.9 Å². The molecule has 0 atom stereocenters. The number of halogens is 1. The van der Waals surface area contributed by atoms with Gasteiger partial charge in [-0.1, -0.05) is 0 Å². The molecule has 2 aromatic heterocycles. The third kappa shape index (κ3) is 3.02. The summed E-state index contributed by atoms with van der Waals surface area (Å²) >= 11 is 0. The molecule has 5 heteroatoms. The summed E-state index contributed by atoms with van der Waals surface area (Å²) in [6.45, 7) is 2.53. The molecule has 0 amide bonds. The van der Waals surface area contributed by atoms with Crippen LogP contribution in [0, 0.1) is 18.7 Å². The van der Waals surface area contributed by atoms with Crippen LogP contribution in [0.5, 0.6) is 5.75 Å². The molecule has 0 N–H and O–H groups in total. The second kappa shape index (κ2) is 6.07. The Labute approximate surface area is 140 Å². The zero-order valence-corrected chi connectivity index (χ0v) is 13.4. The summed E-state index contributed by atoms with van der Waals surface area (Å²) in [5.74, 6) is 1.24. The van der Waals surface area contributed by atoms with Crippen LogP contribution in [0.25, 0.3) is 17.1 Å². The molecule has 0 spiro atoms. The van der Waals surface area contributed by atoms with Gasteiger partial charge in [0.05, 0.1) is 12.3 Å². The van der Waals surface area contributed by atoms with Crippen molar-refractivity contribution in [2.24, 2.45) is 5.92 Å². The van der Waals surface area contributed by atoms with E-state index < -0.39 is 0 Å². The quantitative estimate of drug-likeness (QED) is 0.707. The minimum atomic E-state index is -0.353. The van der Waals surface area contributed by atoms with E-state index in [1.54, 1.807) is 18.5 Å². The zero-order chi connectivity index (χ0) is 16.5. The fourth-order valence-corrected chi connectivity index (χ4v) is 2.65. The predicted molar refractivity (Wildman–Crippen MR) is 89.7 cm³/mol. The van der Waals surface area contributed by atoms with Crippen molar-refractivity contribution in [1.29, 1.82) is 0 Å². The Morgan fingerprint density at radius 2 is 2.04 bits per heavy atom. The van der Waals surface area contributed by atoms with Crippen LogP contribution in [-0.4, -0.2) is 21.1 Å². The topological polar surface area (TPSA) is 39.9 Å². The lowest BCUT2D eigenvalue weighted by atomic mass is 10.2. The van der Waals surface area contributed by atoms with Crippen molar-refractivity contribution < 1.29 is 9.13 Å². The van der Waals surface area contributed by atoms with Crippen LogP contribution in [0.3, 0.4) is 0 Å². The Morgan fingerprint density at radius 1 is 1.17 bits per heavy atom. The molecule has 1 fully saturated rings. The van der Waals surface area contributed by atoms with Gasteiger partial charge in [-0.25, -0.2) is 9.37 Å². The highest BCUT2D eigenvalue weighted by Gasteiger charge is 2.22. The molecular weight excluding hydrogens is 305 g/mol. The van der Waals surface area contributed by atoms with Gasteiger partial charge in [0.15, 0.2) is 11.6 Å². The molecule has 0 radical (unpaired) electrons. The van der Waals surface area contributed by atoms with E-state index in [2.05, 4.69) is 9.97 Å². The van der Waals surface area contributed by atoms with E-state index in [0.717, 1.165) is 11.4 Å². The standard InChI is InChI=1S/C19H18FN3O/c1-13-10-16(6-7-21-13)23-9-8-22-19(23)15-4-5-18(17(20)11-15)24-12-14-2-3-14/h4-11,14H,2-3,12H2,1H3. The molecule has 122 valence electrons. The number of pyridine rings is 1. The van der Waals surface area contributed by atoms with E-state index in [0.29, 0.717) is 29.7 Å². The highest BCUT2D eigenvalue weighted by Crippen LogP contribution is 2.31. The molecule has 0 aliphatic heterocycles. The first-order valence-electron chi connectivity index (χ1n) is 8.10. The van der Waals surface area contributed by atoms with Crippen LogP contribution in [0.15, 0.2) is 48.9 Å². The SMILES string of the molecule is Cc1cc(-n2ccnc2-c2ccc(OCC3CC3)c(F)c2)ccn1. The lowest BCUT2D eigenvalue weighted by Gasteiger charge is -2.10. The molecule has 2 heterocycles. The Morgan fingerprint density at radius 3 is 2.79 bits per heavy atom. The maximum atomic E-state index is 14.3. The predicted octanol–water partition coefficient (Wildman–Crippen LogP) is 4.17. The molecule has 3 aromatic rings. The molecular formula is C19H18FN3O. The van der Waals surface area contributed by atoms with Gasteiger partial charge in [0.2, 0.25) is 0 Å². The number of aryl methyl sites for hydroxylation is 1. The number of rotatable bonds is 5. The van der Waals surface area contributed by atoms with Crippen molar-refractivity contribution in [3.63, 3.8) is 0 Å². The minimum Gasteiger partial charge on any atom is -0.490 e. The van der Waals surface area contributed by atoms with Gasteiger partial charge in [-0.05, 0) is 56.0 Å². The second-order valence-electron chi connectivity index (χ2n) is 6.18. The molecule has 0 unspecified atom stereocenters. The van der Waals surface area contributed by atoms with E-state index in [-0.39, 0.29) is 5.82 Å². The van der Waals surface area contributed by atoms with Crippen molar-refractivity contribution >= 4 is 0 Å². The molecule has 1 aliphatic carbocycles. The van der Waals surface area contributed by atoms with E-state index >= 15 is 0 Å². The van der Waals surface area contributed by atoms with E-state index in [9.17, 15) is 4.39 Å². The maximum Gasteiger partial charge on any atom is 0.165 e. The Kier molecular flexibility index (Phi) is 3.76. The van der Waals surface area contributed by atoms with Crippen LogP contribution in [0.1, 0.15) is 18.5 Å². The Hall–Kier alpha value is -2.69. The number of nitrogens with zero attached hydrogens (tertiary/aromatic N) is 3. The van der Waals surface area contributed by atoms with Gasteiger partial charge < -0.3 is 4.74 Å². The molecule has 24 heavy (non-hydrogen) atoms. The van der Waals surface area contributed by atoms with Gasteiger partial charge in [-0.3, -0.25) is 9.55 Å². The summed E-state index contributed by atoms with van der Waals surface area (Å²) in [6, 6.07) is 8.88. The highest BCUT2D eigenvalue weighted by atomic mass is 19.1. The average Bonchev–Trinajstić information content (AvgIpc) is 3.27. The molecule has 0 saturated heterocycles. The molecule has 4 rings (SSSR count). The van der Waals surface area contributed by atoms with Crippen LogP contribution >= 0.6 is 0 Å². The van der Waals surface area contributed by atoms with Gasteiger partial charge >= 0.3 is 0 Å². The summed E-state index contributed by atoms with van der Waals surface area (Å²) in [6.07, 6.45) is 7.69. The van der Waals surface area contributed by atoms with Gasteiger partial charge in [0.1, 0.15) is 5.82 Å². The summed E-state index contributed by atoms with van der Waals surface area (Å²) in [5, 5.41) is 0. The third-order valence-electron chi connectivity index (χ3n) is 4.16. The first-order chi connectivity index (χ1) is 11.7. The van der Waals surface area contributed by atoms with Crippen LogP contribution < -0.4 is 4.74 Å². The van der Waals surface area contributed by atoms with Crippen molar-refractivity contribution in [2.75, 3.05) is 6.61 Å². The van der Waals surface area contributed by atoms with Crippen molar-refractivity contribution in [2.45, 2.75) is 19.8 Å². The van der Waals surface area contributed by atoms with Crippen LogP contribution in [0.4, 0.5) is 4.39 Å². The first kappa shape index (κ1) is 14.9. The lowest BCUT2D eigenvalue weighted by Crippen LogP contribution is -2.02. The Bertz CT molecular complexity index is 871. The molecule has 1 saturated carbocycles. The highest BCUT2D eigenvalue weighted by molar-refractivity contribution is 5.60. The van der Waals surface area contributed by atoms with Gasteiger partial charge in [0.25, 0.3) is 0 Å². The van der Waals surface area contributed by atoms with Gasteiger partial charge in [-0.2, -0.15) is 0 Å². The number of benzene rings is 1. The van der Waals surface area contributed by atoms with Gasteiger partial charge in [-0.15, -0.1) is 0 Å². The van der Waals surface area contributed by atoms with E-state index in [4.69, 9.17) is 4.74 Å². The van der Waals surface area contributed by atoms with Gasteiger partial charge in [0, 0.05) is 29.8 Å². The number of hydrogen-bond acceptors (Lipinski definition) is 3. The Balaban J connectivity index is 1.64. The monoisotopic (exact) mass is 323 g/mol. The lowest BCUT2D eigenvalue weighted by molar-refractivity contribution is 0.285. The summed E-state index contributed by atoms with van der Waals surface area (Å²) in [7, 11) is 0. The fourth-order valence-electron chi connectivity index (χ4n) is 2.65. The molecule has 1 aromatic carbocycles. The molecule has 4 nitrogen and oxygen atoms in total. The third-order valence-corrected chi connectivity index (χ3v) is 4.16. The van der Waals surface area contributed by atoms with Crippen LogP contribution in [-0.2, 0) is 0 Å². The fraction of sp³-hybridized carbons (Fsp3) is 0.263. The average molecular weight is 323 g/mol. The maximum absolute atomic E-state index is 14.3. The van der Waals surface area contributed by atoms with Crippen LogP contribution in [0.2, 0.25) is 0 Å². The summed E-state index contributed by atoms with van der Waals surface area (Å²) in [5.41, 5.74) is 2.58. The largest absolute Gasteiger partial charge is 0.490 e. The smallest absolute Gasteiger partial charge is 0.165 e. The number of hydrogen-bond donors (Lipinski definition) is 0.